The molecule has 0 aliphatic carbocycles. The first kappa shape index (κ1) is 17.3. The summed E-state index contributed by atoms with van der Waals surface area (Å²) in [5.41, 5.74) is 0.577. The molecule has 0 aromatic carbocycles. The molecule has 0 unspecified atom stereocenters. The molecule has 2 aromatic rings. The third-order valence-electron chi connectivity index (χ3n) is 4.65. The Morgan fingerprint density at radius 2 is 2.16 bits per heavy atom. The summed E-state index contributed by atoms with van der Waals surface area (Å²) in [6.07, 6.45) is 7.86. The molecule has 1 aliphatic heterocycles. The molecular formula is C18H24N4O3. The second kappa shape index (κ2) is 8.00. The molecule has 134 valence electrons. The van der Waals surface area contributed by atoms with Gasteiger partial charge in [-0.15, -0.1) is 0 Å². The lowest BCUT2D eigenvalue weighted by molar-refractivity contribution is -0.132. The maximum absolute atomic E-state index is 12.3. The number of piperidine rings is 1. The topological polar surface area (TPSA) is 80.4 Å². The number of carbonyl (C=O) groups excluding carboxylic acids is 2. The van der Waals surface area contributed by atoms with Crippen molar-refractivity contribution in [1.29, 1.82) is 0 Å². The van der Waals surface area contributed by atoms with Crippen molar-refractivity contribution in [1.82, 2.24) is 20.0 Å². The Morgan fingerprint density at radius 1 is 1.36 bits per heavy atom. The quantitative estimate of drug-likeness (QED) is 0.863. The van der Waals surface area contributed by atoms with Crippen LogP contribution in [0, 0.1) is 5.92 Å². The van der Waals surface area contributed by atoms with Gasteiger partial charge in [0.05, 0.1) is 18.0 Å². The highest BCUT2D eigenvalue weighted by Gasteiger charge is 2.23. The highest BCUT2D eigenvalue weighted by atomic mass is 16.3. The molecule has 2 amide bonds. The maximum atomic E-state index is 12.3. The lowest BCUT2D eigenvalue weighted by atomic mass is 9.96. The number of amides is 2. The highest BCUT2D eigenvalue weighted by molar-refractivity contribution is 5.93. The lowest BCUT2D eigenvalue weighted by Crippen LogP contribution is -2.41. The number of likely N-dealkylation sites (tertiary alicyclic amines) is 1. The number of hydrogen-bond donors (Lipinski definition) is 1. The second-order valence-corrected chi connectivity index (χ2v) is 6.52. The minimum atomic E-state index is -0.0925. The standard InChI is InChI=1S/C18H24N4O3/c1-21-13-15(12-20-21)18(24)19-11-14-6-8-22(9-7-14)17(23)5-4-16-3-2-10-25-16/h2-3,10,12-14H,4-9,11H2,1H3,(H,19,24). The maximum Gasteiger partial charge on any atom is 0.254 e. The second-order valence-electron chi connectivity index (χ2n) is 6.52. The summed E-state index contributed by atoms with van der Waals surface area (Å²) in [7, 11) is 1.79. The summed E-state index contributed by atoms with van der Waals surface area (Å²) in [6.45, 7) is 2.15. The van der Waals surface area contributed by atoms with Crippen LogP contribution in [-0.4, -0.2) is 46.1 Å². The molecule has 3 rings (SSSR count). The minimum absolute atomic E-state index is 0.0925. The van der Waals surface area contributed by atoms with Crippen LogP contribution in [0.15, 0.2) is 35.2 Å². The molecule has 0 saturated carbocycles. The molecule has 1 aliphatic rings. The Morgan fingerprint density at radius 3 is 2.80 bits per heavy atom. The van der Waals surface area contributed by atoms with Crippen molar-refractivity contribution in [3.05, 3.63) is 42.1 Å². The zero-order valence-corrected chi connectivity index (χ0v) is 14.5. The van der Waals surface area contributed by atoms with Crippen molar-refractivity contribution < 1.29 is 14.0 Å². The van der Waals surface area contributed by atoms with Gasteiger partial charge >= 0.3 is 0 Å². The van der Waals surface area contributed by atoms with Gasteiger partial charge in [0, 0.05) is 45.7 Å². The molecule has 7 nitrogen and oxygen atoms in total. The van der Waals surface area contributed by atoms with Gasteiger partial charge in [-0.1, -0.05) is 0 Å². The molecule has 25 heavy (non-hydrogen) atoms. The van der Waals surface area contributed by atoms with E-state index in [0.29, 0.717) is 30.9 Å². The number of nitrogens with zero attached hydrogens (tertiary/aromatic N) is 3. The summed E-state index contributed by atoms with van der Waals surface area (Å²) in [5, 5.41) is 6.96. The van der Waals surface area contributed by atoms with Crippen LogP contribution in [0.5, 0.6) is 0 Å². The van der Waals surface area contributed by atoms with Crippen LogP contribution in [0.25, 0.3) is 0 Å². The van der Waals surface area contributed by atoms with Crippen LogP contribution < -0.4 is 5.32 Å². The molecule has 3 heterocycles. The normalized spacial score (nSPS) is 15.3. The van der Waals surface area contributed by atoms with E-state index in [-0.39, 0.29) is 11.8 Å². The third kappa shape index (κ3) is 4.71. The van der Waals surface area contributed by atoms with Gasteiger partial charge in [0.15, 0.2) is 0 Å². The van der Waals surface area contributed by atoms with Gasteiger partial charge in [0.2, 0.25) is 5.91 Å². The van der Waals surface area contributed by atoms with Crippen molar-refractivity contribution in [3.8, 4) is 0 Å². The van der Waals surface area contributed by atoms with E-state index >= 15 is 0 Å². The first-order chi connectivity index (χ1) is 12.1. The van der Waals surface area contributed by atoms with E-state index < -0.39 is 0 Å². The van der Waals surface area contributed by atoms with Gasteiger partial charge < -0.3 is 14.6 Å². The SMILES string of the molecule is Cn1cc(C(=O)NCC2CCN(C(=O)CCc3ccco3)CC2)cn1. The fraction of sp³-hybridized carbons (Fsp3) is 0.500. The predicted octanol–water partition coefficient (Wildman–Crippen LogP) is 1.61. The number of nitrogens with one attached hydrogen (secondary N) is 1. The van der Waals surface area contributed by atoms with Gasteiger partial charge in [-0.2, -0.15) is 5.10 Å². The molecule has 0 bridgehead atoms. The Labute approximate surface area is 147 Å². The highest BCUT2D eigenvalue weighted by Crippen LogP contribution is 2.18. The molecule has 0 atom stereocenters. The molecule has 7 heteroatoms. The van der Waals surface area contributed by atoms with E-state index in [9.17, 15) is 9.59 Å². The summed E-state index contributed by atoms with van der Waals surface area (Å²) >= 11 is 0. The minimum Gasteiger partial charge on any atom is -0.469 e. The van der Waals surface area contributed by atoms with Crippen molar-refractivity contribution in [2.45, 2.75) is 25.7 Å². The van der Waals surface area contributed by atoms with E-state index in [1.807, 2.05) is 17.0 Å². The fourth-order valence-corrected chi connectivity index (χ4v) is 3.11. The van der Waals surface area contributed by atoms with Crippen LogP contribution in [0.3, 0.4) is 0 Å². The summed E-state index contributed by atoms with van der Waals surface area (Å²) in [4.78, 5) is 26.2. The van der Waals surface area contributed by atoms with Gasteiger partial charge in [0.25, 0.3) is 5.91 Å². The summed E-state index contributed by atoms with van der Waals surface area (Å²) < 4.78 is 6.88. The van der Waals surface area contributed by atoms with Crippen LogP contribution in [-0.2, 0) is 18.3 Å². The molecule has 2 aromatic heterocycles. The molecule has 0 spiro atoms. The van der Waals surface area contributed by atoms with Crippen LogP contribution in [0.1, 0.15) is 35.4 Å². The van der Waals surface area contributed by atoms with E-state index in [2.05, 4.69) is 10.4 Å². The number of carbonyl (C=O) groups is 2. The molecule has 1 fully saturated rings. The summed E-state index contributed by atoms with van der Waals surface area (Å²) in [5.74, 6) is 1.34. The number of aryl methyl sites for hydroxylation is 2. The van der Waals surface area contributed by atoms with Crippen LogP contribution in [0.2, 0.25) is 0 Å². The van der Waals surface area contributed by atoms with Gasteiger partial charge in [-0.25, -0.2) is 0 Å². The average molecular weight is 344 g/mol. The van der Waals surface area contributed by atoms with Gasteiger partial charge in [0.1, 0.15) is 5.76 Å². The van der Waals surface area contributed by atoms with Gasteiger partial charge in [-0.3, -0.25) is 14.3 Å². The van der Waals surface area contributed by atoms with Crippen molar-refractivity contribution >= 4 is 11.8 Å². The number of furan rings is 1. The largest absolute Gasteiger partial charge is 0.469 e. The zero-order valence-electron chi connectivity index (χ0n) is 14.5. The van der Waals surface area contributed by atoms with E-state index in [0.717, 1.165) is 31.7 Å². The van der Waals surface area contributed by atoms with E-state index in [1.54, 1.807) is 30.4 Å². The first-order valence-electron chi connectivity index (χ1n) is 8.69. The smallest absolute Gasteiger partial charge is 0.254 e. The van der Waals surface area contributed by atoms with Crippen molar-refractivity contribution in [3.63, 3.8) is 0 Å². The van der Waals surface area contributed by atoms with Crippen LogP contribution >= 0.6 is 0 Å². The Hall–Kier alpha value is -2.57. The Bertz CT molecular complexity index is 700. The molecule has 1 N–H and O–H groups in total. The monoisotopic (exact) mass is 344 g/mol. The lowest BCUT2D eigenvalue weighted by Gasteiger charge is -2.32. The Balaban J connectivity index is 1.36. The van der Waals surface area contributed by atoms with Crippen molar-refractivity contribution in [2.24, 2.45) is 13.0 Å². The van der Waals surface area contributed by atoms with E-state index in [4.69, 9.17) is 4.42 Å². The Kier molecular flexibility index (Phi) is 5.53. The molecule has 0 radical (unpaired) electrons. The number of hydrogen-bond acceptors (Lipinski definition) is 4. The van der Waals surface area contributed by atoms with E-state index in [1.165, 1.54) is 0 Å². The third-order valence-corrected chi connectivity index (χ3v) is 4.65. The summed E-state index contributed by atoms with van der Waals surface area (Å²) in [6, 6.07) is 3.73. The number of rotatable bonds is 6. The first-order valence-corrected chi connectivity index (χ1v) is 8.69. The van der Waals surface area contributed by atoms with Crippen LogP contribution in [0.4, 0.5) is 0 Å². The van der Waals surface area contributed by atoms with Crippen molar-refractivity contribution in [2.75, 3.05) is 19.6 Å². The van der Waals surface area contributed by atoms with Gasteiger partial charge in [-0.05, 0) is 30.9 Å². The predicted molar refractivity (Wildman–Crippen MR) is 91.9 cm³/mol. The average Bonchev–Trinajstić information content (AvgIpc) is 3.29. The molecular weight excluding hydrogens is 320 g/mol. The molecule has 1 saturated heterocycles. The number of aromatic nitrogens is 2. The fourth-order valence-electron chi connectivity index (χ4n) is 3.11. The zero-order chi connectivity index (χ0) is 17.6.